The number of nitrogens with zero attached hydrogens (tertiary/aromatic N) is 3. The van der Waals surface area contributed by atoms with Crippen LogP contribution >= 0.6 is 0 Å². The van der Waals surface area contributed by atoms with Gasteiger partial charge in [-0.2, -0.15) is 0 Å². The molecule has 0 saturated carbocycles. The van der Waals surface area contributed by atoms with E-state index in [0.717, 1.165) is 28.8 Å². The molecule has 0 aliphatic carbocycles. The molecule has 164 valence electrons. The van der Waals surface area contributed by atoms with Crippen LogP contribution in [0.15, 0.2) is 54.9 Å². The van der Waals surface area contributed by atoms with Gasteiger partial charge in [0.15, 0.2) is 0 Å². The van der Waals surface area contributed by atoms with E-state index in [1.54, 1.807) is 12.3 Å². The van der Waals surface area contributed by atoms with Gasteiger partial charge >= 0.3 is 0 Å². The number of H-pyrrole nitrogens is 1. The molecule has 3 heterocycles. The molecular formula is C24H22F3N5. The minimum Gasteiger partial charge on any atom is -0.368 e. The van der Waals surface area contributed by atoms with E-state index < -0.39 is 11.6 Å². The second kappa shape index (κ2) is 8.11. The van der Waals surface area contributed by atoms with Gasteiger partial charge in [-0.05, 0) is 43.3 Å². The molecule has 8 heteroatoms. The molecule has 0 radical (unpaired) electrons. The van der Waals surface area contributed by atoms with Gasteiger partial charge in [-0.1, -0.05) is 0 Å². The van der Waals surface area contributed by atoms with Crippen molar-refractivity contribution in [2.45, 2.75) is 6.92 Å². The van der Waals surface area contributed by atoms with Crippen molar-refractivity contribution in [1.82, 2.24) is 9.97 Å². The third-order valence-electron chi connectivity index (χ3n) is 5.94. The van der Waals surface area contributed by atoms with Gasteiger partial charge in [-0.25, -0.2) is 18.2 Å². The standard InChI is InChI=1S/C24H22F3N5/c1-15-22(31-8-10-32(11-9-31)23-5-2-16(25)12-19(23)26)6-7-28-24(15)30-17-3-4-18-20(27)14-29-21(18)13-17/h2-7,12-14,29H,8-11H2,1H3,(H,28,30). The summed E-state index contributed by atoms with van der Waals surface area (Å²) in [6, 6.07) is 11.1. The highest BCUT2D eigenvalue weighted by Crippen LogP contribution is 2.30. The van der Waals surface area contributed by atoms with Gasteiger partial charge in [0.25, 0.3) is 0 Å². The van der Waals surface area contributed by atoms with Crippen LogP contribution in [0.3, 0.4) is 0 Å². The SMILES string of the molecule is Cc1c(N2CCN(c3ccc(F)cc3F)CC2)ccnc1Nc1ccc2c(F)c[nH]c2c1. The Bertz CT molecular complexity index is 1280. The Morgan fingerprint density at radius 2 is 1.62 bits per heavy atom. The minimum absolute atomic E-state index is 0.275. The Morgan fingerprint density at radius 1 is 0.875 bits per heavy atom. The van der Waals surface area contributed by atoms with Crippen LogP contribution in [0.2, 0.25) is 0 Å². The molecule has 0 atom stereocenters. The lowest BCUT2D eigenvalue weighted by molar-refractivity contribution is 0.570. The second-order valence-electron chi connectivity index (χ2n) is 7.90. The van der Waals surface area contributed by atoms with E-state index in [0.29, 0.717) is 42.8 Å². The molecule has 2 N–H and O–H groups in total. The van der Waals surface area contributed by atoms with Gasteiger partial charge in [0, 0.05) is 67.0 Å². The molecule has 0 amide bonds. The number of halogens is 3. The van der Waals surface area contributed by atoms with Crippen LogP contribution in [0, 0.1) is 24.4 Å². The van der Waals surface area contributed by atoms with Crippen LogP contribution in [0.25, 0.3) is 10.9 Å². The lowest BCUT2D eigenvalue weighted by atomic mass is 10.1. The maximum Gasteiger partial charge on any atom is 0.149 e. The van der Waals surface area contributed by atoms with Crippen LogP contribution in [-0.2, 0) is 0 Å². The van der Waals surface area contributed by atoms with Crippen molar-refractivity contribution < 1.29 is 13.2 Å². The van der Waals surface area contributed by atoms with Gasteiger partial charge < -0.3 is 20.1 Å². The van der Waals surface area contributed by atoms with E-state index >= 15 is 0 Å². The molecule has 1 aliphatic heterocycles. The zero-order valence-corrected chi connectivity index (χ0v) is 17.5. The first-order valence-electron chi connectivity index (χ1n) is 10.4. The third-order valence-corrected chi connectivity index (χ3v) is 5.94. The van der Waals surface area contributed by atoms with Crippen LogP contribution in [0.5, 0.6) is 0 Å². The molecule has 1 fully saturated rings. The monoisotopic (exact) mass is 437 g/mol. The van der Waals surface area contributed by atoms with Gasteiger partial charge in [0.05, 0.1) is 11.2 Å². The first-order valence-corrected chi connectivity index (χ1v) is 10.4. The van der Waals surface area contributed by atoms with Gasteiger partial charge in [0.2, 0.25) is 0 Å². The highest BCUT2D eigenvalue weighted by Gasteiger charge is 2.22. The number of hydrogen-bond donors (Lipinski definition) is 2. The number of aromatic nitrogens is 2. The van der Waals surface area contributed by atoms with Crippen molar-refractivity contribution in [2.75, 3.05) is 41.3 Å². The molecule has 4 aromatic rings. The Labute approximate surface area is 183 Å². The van der Waals surface area contributed by atoms with Crippen LogP contribution < -0.4 is 15.1 Å². The fourth-order valence-corrected chi connectivity index (χ4v) is 4.23. The summed E-state index contributed by atoms with van der Waals surface area (Å²) in [6.45, 7) is 4.66. The van der Waals surface area contributed by atoms with Crippen molar-refractivity contribution in [1.29, 1.82) is 0 Å². The number of rotatable bonds is 4. The van der Waals surface area contributed by atoms with Crippen molar-refractivity contribution in [3.63, 3.8) is 0 Å². The fraction of sp³-hybridized carbons (Fsp3) is 0.208. The largest absolute Gasteiger partial charge is 0.368 e. The second-order valence-corrected chi connectivity index (χ2v) is 7.90. The number of pyridine rings is 1. The molecule has 32 heavy (non-hydrogen) atoms. The zero-order chi connectivity index (χ0) is 22.2. The highest BCUT2D eigenvalue weighted by molar-refractivity contribution is 5.84. The molecule has 0 bridgehead atoms. The van der Waals surface area contributed by atoms with E-state index in [9.17, 15) is 13.2 Å². The summed E-state index contributed by atoms with van der Waals surface area (Å²) >= 11 is 0. The molecule has 2 aromatic carbocycles. The summed E-state index contributed by atoms with van der Waals surface area (Å²) < 4.78 is 41.1. The summed E-state index contributed by atoms with van der Waals surface area (Å²) in [5, 5.41) is 3.87. The van der Waals surface area contributed by atoms with Crippen molar-refractivity contribution in [3.8, 4) is 0 Å². The molecule has 2 aromatic heterocycles. The van der Waals surface area contributed by atoms with Gasteiger partial charge in [-0.15, -0.1) is 0 Å². The highest BCUT2D eigenvalue weighted by atomic mass is 19.1. The summed E-state index contributed by atoms with van der Waals surface area (Å²) in [7, 11) is 0. The van der Waals surface area contributed by atoms with Crippen LogP contribution in [0.4, 0.5) is 36.1 Å². The molecule has 1 saturated heterocycles. The third kappa shape index (κ3) is 3.72. The van der Waals surface area contributed by atoms with E-state index in [1.807, 2.05) is 30.0 Å². The average Bonchev–Trinajstić information content (AvgIpc) is 3.16. The van der Waals surface area contributed by atoms with Crippen molar-refractivity contribution >= 4 is 33.8 Å². The smallest absolute Gasteiger partial charge is 0.149 e. The number of benzene rings is 2. The summed E-state index contributed by atoms with van der Waals surface area (Å²) in [5.41, 5.74) is 3.99. The number of nitrogens with one attached hydrogen (secondary N) is 2. The first-order chi connectivity index (χ1) is 15.5. The number of hydrogen-bond acceptors (Lipinski definition) is 4. The van der Waals surface area contributed by atoms with E-state index in [4.69, 9.17) is 0 Å². The van der Waals surface area contributed by atoms with Crippen molar-refractivity contribution in [3.05, 3.63) is 77.9 Å². The summed E-state index contributed by atoms with van der Waals surface area (Å²) in [6.07, 6.45) is 3.10. The minimum atomic E-state index is -0.571. The number of aromatic amines is 1. The van der Waals surface area contributed by atoms with E-state index in [1.165, 1.54) is 18.3 Å². The van der Waals surface area contributed by atoms with E-state index in [-0.39, 0.29) is 5.82 Å². The summed E-state index contributed by atoms with van der Waals surface area (Å²) in [4.78, 5) is 11.6. The Balaban J connectivity index is 1.32. The number of piperazine rings is 1. The predicted molar refractivity (Wildman–Crippen MR) is 121 cm³/mol. The lowest BCUT2D eigenvalue weighted by Crippen LogP contribution is -2.47. The van der Waals surface area contributed by atoms with E-state index in [2.05, 4.69) is 20.2 Å². The number of anilines is 4. The van der Waals surface area contributed by atoms with Gasteiger partial charge in [0.1, 0.15) is 23.3 Å². The number of fused-ring (bicyclic) bond motifs is 1. The zero-order valence-electron chi connectivity index (χ0n) is 17.5. The lowest BCUT2D eigenvalue weighted by Gasteiger charge is -2.38. The molecule has 0 spiro atoms. The molecule has 5 nitrogen and oxygen atoms in total. The fourth-order valence-electron chi connectivity index (χ4n) is 4.23. The molecular weight excluding hydrogens is 415 g/mol. The topological polar surface area (TPSA) is 47.2 Å². The predicted octanol–water partition coefficient (Wildman–Crippen LogP) is 5.36. The molecule has 1 aliphatic rings. The first kappa shape index (κ1) is 20.2. The Kier molecular flexibility index (Phi) is 5.13. The maximum atomic E-state index is 14.1. The Morgan fingerprint density at radius 3 is 2.38 bits per heavy atom. The summed E-state index contributed by atoms with van der Waals surface area (Å²) in [5.74, 6) is -0.662. The molecule has 0 unspecified atom stereocenters. The van der Waals surface area contributed by atoms with Crippen LogP contribution in [0.1, 0.15) is 5.56 Å². The molecule has 5 rings (SSSR count). The van der Waals surface area contributed by atoms with Crippen LogP contribution in [-0.4, -0.2) is 36.1 Å². The van der Waals surface area contributed by atoms with Crippen molar-refractivity contribution in [2.24, 2.45) is 0 Å². The quantitative estimate of drug-likeness (QED) is 0.451. The maximum absolute atomic E-state index is 14.1. The normalized spacial score (nSPS) is 14.2. The van der Waals surface area contributed by atoms with Gasteiger partial charge in [-0.3, -0.25) is 0 Å². The average molecular weight is 437 g/mol. The Hall–Kier alpha value is -3.68.